The van der Waals surface area contributed by atoms with Gasteiger partial charge in [-0.25, -0.2) is 5.43 Å². The van der Waals surface area contributed by atoms with E-state index < -0.39 is 0 Å². The van der Waals surface area contributed by atoms with E-state index in [1.165, 1.54) is 12.6 Å². The molecule has 1 fully saturated rings. The predicted molar refractivity (Wildman–Crippen MR) is 149 cm³/mol. The van der Waals surface area contributed by atoms with Crippen LogP contribution in [-0.2, 0) is 11.4 Å². The fraction of sp³-hybridized carbons (Fsp3) is 0.276. The number of halogens is 1. The lowest BCUT2D eigenvalue weighted by Gasteiger charge is -2.26. The van der Waals surface area contributed by atoms with Gasteiger partial charge in [-0.05, 0) is 85.0 Å². The molecule has 0 atom stereocenters. The van der Waals surface area contributed by atoms with E-state index in [0.717, 1.165) is 41.5 Å². The van der Waals surface area contributed by atoms with Crippen LogP contribution in [0.1, 0.15) is 40.7 Å². The smallest absolute Gasteiger partial charge is 0.277 e. The third-order valence-corrected chi connectivity index (χ3v) is 6.54. The van der Waals surface area contributed by atoms with Crippen molar-refractivity contribution in [2.45, 2.75) is 25.9 Å². The highest BCUT2D eigenvalue weighted by Gasteiger charge is 2.18. The number of methoxy groups -OCH3 is 1. The van der Waals surface area contributed by atoms with Crippen molar-refractivity contribution in [1.82, 2.24) is 10.3 Å². The molecule has 1 N–H and O–H groups in total. The quantitative estimate of drug-likeness (QED) is 0.263. The van der Waals surface area contributed by atoms with Crippen LogP contribution in [0.3, 0.4) is 0 Å². The van der Waals surface area contributed by atoms with Gasteiger partial charge in [-0.2, -0.15) is 5.10 Å². The maximum atomic E-state index is 12.7. The van der Waals surface area contributed by atoms with Crippen molar-refractivity contribution in [2.24, 2.45) is 5.10 Å². The molecular weight excluding hydrogens is 550 g/mol. The number of hydrazone groups is 1. The molecule has 9 heteroatoms. The van der Waals surface area contributed by atoms with Crippen molar-refractivity contribution in [3.63, 3.8) is 0 Å². The standard InChI is InChI=1S/C29H30BrN3O5/c1-36-27-17-22(18-31-32-28(34)20-37-25-12-10-24(30)11-13-25)7-14-26(27)38-19-21-5-8-23(9-6-21)29(35)33-15-3-2-4-16-33/h5-14,17-18H,2-4,15-16,19-20H2,1H3,(H,32,34)/b31-18-. The molecule has 198 valence electrons. The molecule has 1 saturated heterocycles. The molecule has 1 aliphatic heterocycles. The van der Waals surface area contributed by atoms with Crippen molar-refractivity contribution in [1.29, 1.82) is 0 Å². The number of hydrogen-bond acceptors (Lipinski definition) is 6. The number of rotatable bonds is 10. The van der Waals surface area contributed by atoms with Crippen LogP contribution < -0.4 is 19.6 Å². The van der Waals surface area contributed by atoms with Gasteiger partial charge in [-0.1, -0.05) is 28.1 Å². The summed E-state index contributed by atoms with van der Waals surface area (Å²) in [5, 5.41) is 3.98. The third kappa shape index (κ3) is 7.82. The number of likely N-dealkylation sites (tertiary alicyclic amines) is 1. The van der Waals surface area contributed by atoms with E-state index in [4.69, 9.17) is 14.2 Å². The highest BCUT2D eigenvalue weighted by atomic mass is 79.9. The van der Waals surface area contributed by atoms with Crippen molar-refractivity contribution in [3.8, 4) is 17.2 Å². The Morgan fingerprint density at radius 1 is 0.947 bits per heavy atom. The number of piperidine rings is 1. The Morgan fingerprint density at radius 3 is 2.39 bits per heavy atom. The SMILES string of the molecule is COc1cc(/C=N\NC(=O)COc2ccc(Br)cc2)ccc1OCc1ccc(C(=O)N2CCCCC2)cc1. The minimum atomic E-state index is -0.375. The summed E-state index contributed by atoms with van der Waals surface area (Å²) in [4.78, 5) is 26.6. The highest BCUT2D eigenvalue weighted by molar-refractivity contribution is 9.10. The van der Waals surface area contributed by atoms with E-state index in [9.17, 15) is 9.59 Å². The molecule has 4 rings (SSSR count). The molecule has 0 spiro atoms. The average Bonchev–Trinajstić information content (AvgIpc) is 2.96. The molecule has 1 aliphatic rings. The van der Waals surface area contributed by atoms with Crippen LogP contribution in [0, 0.1) is 0 Å². The second-order valence-corrected chi connectivity index (χ2v) is 9.70. The maximum absolute atomic E-state index is 12.7. The summed E-state index contributed by atoms with van der Waals surface area (Å²) in [6.07, 6.45) is 4.85. The summed E-state index contributed by atoms with van der Waals surface area (Å²) in [6, 6.07) is 20.1. The second-order valence-electron chi connectivity index (χ2n) is 8.78. The first-order valence-electron chi connectivity index (χ1n) is 12.4. The van der Waals surface area contributed by atoms with Crippen molar-refractivity contribution in [2.75, 3.05) is 26.8 Å². The minimum Gasteiger partial charge on any atom is -0.493 e. The Morgan fingerprint density at radius 2 is 1.68 bits per heavy atom. The average molecular weight is 580 g/mol. The summed E-state index contributed by atoms with van der Waals surface area (Å²) < 4.78 is 17.8. The van der Waals surface area contributed by atoms with Gasteiger partial charge in [0.1, 0.15) is 12.4 Å². The van der Waals surface area contributed by atoms with Crippen LogP contribution in [-0.4, -0.2) is 49.7 Å². The summed E-state index contributed by atoms with van der Waals surface area (Å²) in [6.45, 7) is 1.84. The number of carbonyl (C=O) groups excluding carboxylic acids is 2. The van der Waals surface area contributed by atoms with Crippen LogP contribution in [0.15, 0.2) is 76.3 Å². The number of hydrogen-bond donors (Lipinski definition) is 1. The van der Waals surface area contributed by atoms with Gasteiger partial charge in [0.2, 0.25) is 0 Å². The summed E-state index contributed by atoms with van der Waals surface area (Å²) in [5.74, 6) is 1.42. The Hall–Kier alpha value is -3.85. The predicted octanol–water partition coefficient (Wildman–Crippen LogP) is 5.19. The maximum Gasteiger partial charge on any atom is 0.277 e. The van der Waals surface area contributed by atoms with Crippen LogP contribution in [0.4, 0.5) is 0 Å². The third-order valence-electron chi connectivity index (χ3n) is 6.01. The Labute approximate surface area is 230 Å². The van der Waals surface area contributed by atoms with Gasteiger partial charge in [0.05, 0.1) is 13.3 Å². The zero-order chi connectivity index (χ0) is 26.7. The number of nitrogens with zero attached hydrogens (tertiary/aromatic N) is 2. The molecule has 0 unspecified atom stereocenters. The molecule has 0 radical (unpaired) electrons. The fourth-order valence-corrected chi connectivity index (χ4v) is 4.22. The van der Waals surface area contributed by atoms with Crippen LogP contribution >= 0.6 is 15.9 Å². The Bertz CT molecular complexity index is 1260. The molecule has 1 heterocycles. The van der Waals surface area contributed by atoms with E-state index in [2.05, 4.69) is 26.5 Å². The molecule has 8 nitrogen and oxygen atoms in total. The minimum absolute atomic E-state index is 0.0874. The molecule has 0 bridgehead atoms. The van der Waals surface area contributed by atoms with Crippen molar-refractivity contribution in [3.05, 3.63) is 87.9 Å². The first kappa shape index (κ1) is 27.2. The van der Waals surface area contributed by atoms with Gasteiger partial charge in [0, 0.05) is 23.1 Å². The van der Waals surface area contributed by atoms with Gasteiger partial charge in [0.15, 0.2) is 18.1 Å². The molecule has 3 aromatic carbocycles. The largest absolute Gasteiger partial charge is 0.493 e. The van der Waals surface area contributed by atoms with Crippen LogP contribution in [0.25, 0.3) is 0 Å². The monoisotopic (exact) mass is 579 g/mol. The van der Waals surface area contributed by atoms with Crippen LogP contribution in [0.5, 0.6) is 17.2 Å². The lowest BCUT2D eigenvalue weighted by Crippen LogP contribution is -2.35. The molecule has 2 amide bonds. The van der Waals surface area contributed by atoms with E-state index in [1.54, 1.807) is 31.4 Å². The zero-order valence-electron chi connectivity index (χ0n) is 21.2. The summed E-state index contributed by atoms with van der Waals surface area (Å²) in [7, 11) is 1.56. The van der Waals surface area contributed by atoms with Gasteiger partial charge >= 0.3 is 0 Å². The number of benzene rings is 3. The van der Waals surface area contributed by atoms with E-state index in [1.807, 2.05) is 47.4 Å². The van der Waals surface area contributed by atoms with Gasteiger partial charge in [0.25, 0.3) is 11.8 Å². The Balaban J connectivity index is 1.26. The lowest BCUT2D eigenvalue weighted by molar-refractivity contribution is -0.123. The number of amides is 2. The van der Waals surface area contributed by atoms with Crippen LogP contribution in [0.2, 0.25) is 0 Å². The van der Waals surface area contributed by atoms with Gasteiger partial charge < -0.3 is 19.1 Å². The molecule has 38 heavy (non-hydrogen) atoms. The molecule has 0 aromatic heterocycles. The van der Waals surface area contributed by atoms with Crippen molar-refractivity contribution >= 4 is 34.0 Å². The number of ether oxygens (including phenoxy) is 3. The fourth-order valence-electron chi connectivity index (χ4n) is 3.96. The van der Waals surface area contributed by atoms with E-state index in [0.29, 0.717) is 29.4 Å². The summed E-state index contributed by atoms with van der Waals surface area (Å²) in [5.41, 5.74) is 4.81. The Kier molecular flexibility index (Phi) is 9.75. The van der Waals surface area contributed by atoms with Gasteiger partial charge in [-0.3, -0.25) is 9.59 Å². The normalized spacial score (nSPS) is 13.3. The molecular formula is C29H30BrN3O5. The summed E-state index contributed by atoms with van der Waals surface area (Å²) >= 11 is 3.35. The molecule has 3 aromatic rings. The highest BCUT2D eigenvalue weighted by Crippen LogP contribution is 2.28. The molecule has 0 saturated carbocycles. The van der Waals surface area contributed by atoms with E-state index >= 15 is 0 Å². The first-order chi connectivity index (χ1) is 18.5. The second kappa shape index (κ2) is 13.6. The first-order valence-corrected chi connectivity index (χ1v) is 13.2. The lowest BCUT2D eigenvalue weighted by atomic mass is 10.1. The zero-order valence-corrected chi connectivity index (χ0v) is 22.8. The van der Waals surface area contributed by atoms with E-state index in [-0.39, 0.29) is 18.4 Å². The van der Waals surface area contributed by atoms with Crippen molar-refractivity contribution < 1.29 is 23.8 Å². The number of carbonyl (C=O) groups is 2. The number of nitrogens with one attached hydrogen (secondary N) is 1. The van der Waals surface area contributed by atoms with Gasteiger partial charge in [-0.15, -0.1) is 0 Å². The molecule has 0 aliphatic carbocycles. The topological polar surface area (TPSA) is 89.5 Å².